The van der Waals surface area contributed by atoms with E-state index in [9.17, 15) is 0 Å². The van der Waals surface area contributed by atoms with Crippen molar-refractivity contribution in [2.45, 2.75) is 77.6 Å². The Bertz CT molecular complexity index is 945. The number of hydrogen-bond donors (Lipinski definition) is 0. The zero-order chi connectivity index (χ0) is 22.9. The van der Waals surface area contributed by atoms with Crippen LogP contribution < -0.4 is 0 Å². The Hall–Kier alpha value is -2.05. The van der Waals surface area contributed by atoms with E-state index in [-0.39, 0.29) is 0 Å². The van der Waals surface area contributed by atoms with Crippen molar-refractivity contribution < 1.29 is 0 Å². The van der Waals surface area contributed by atoms with E-state index in [0.717, 1.165) is 16.9 Å². The standard InChI is InChI=1S/C32H39Cl/c1-2-3-4-25-5-7-26(8-6-25)9-10-27-11-13-28(14-12-27)15-16-29-17-19-30(20-18-29)31-21-23-32(33)24-22-31/h5-8,17-24,27-28H,2-4,9-16H2,1H3. The molecule has 0 unspecified atom stereocenters. The highest BCUT2D eigenvalue weighted by atomic mass is 35.5. The van der Waals surface area contributed by atoms with Crippen molar-refractivity contribution in [3.05, 3.63) is 94.5 Å². The summed E-state index contributed by atoms with van der Waals surface area (Å²) in [5, 5.41) is 0.793. The highest BCUT2D eigenvalue weighted by Crippen LogP contribution is 2.34. The Morgan fingerprint density at radius 1 is 0.576 bits per heavy atom. The highest BCUT2D eigenvalue weighted by Gasteiger charge is 2.20. The van der Waals surface area contributed by atoms with Crippen LogP contribution in [0.4, 0.5) is 0 Å². The van der Waals surface area contributed by atoms with Crippen molar-refractivity contribution in [1.82, 2.24) is 0 Å². The van der Waals surface area contributed by atoms with Gasteiger partial charge in [-0.15, -0.1) is 0 Å². The van der Waals surface area contributed by atoms with Crippen molar-refractivity contribution in [3.8, 4) is 11.1 Å². The first-order valence-electron chi connectivity index (χ1n) is 13.1. The van der Waals surface area contributed by atoms with E-state index in [1.165, 1.54) is 98.4 Å². The average molecular weight is 459 g/mol. The minimum Gasteiger partial charge on any atom is -0.0843 e. The molecule has 33 heavy (non-hydrogen) atoms. The van der Waals surface area contributed by atoms with Gasteiger partial charge in [-0.1, -0.05) is 111 Å². The van der Waals surface area contributed by atoms with E-state index < -0.39 is 0 Å². The topological polar surface area (TPSA) is 0 Å². The molecule has 0 aliphatic heterocycles. The van der Waals surface area contributed by atoms with E-state index in [0.29, 0.717) is 0 Å². The molecule has 0 spiro atoms. The first-order valence-corrected chi connectivity index (χ1v) is 13.5. The van der Waals surface area contributed by atoms with Crippen LogP contribution >= 0.6 is 11.6 Å². The third-order valence-corrected chi connectivity index (χ3v) is 7.87. The third kappa shape index (κ3) is 7.47. The van der Waals surface area contributed by atoms with Gasteiger partial charge in [0, 0.05) is 5.02 Å². The Labute approximate surface area is 206 Å². The molecule has 1 aliphatic carbocycles. The molecule has 3 aromatic carbocycles. The summed E-state index contributed by atoms with van der Waals surface area (Å²) in [5.41, 5.74) is 7.00. The van der Waals surface area contributed by atoms with Crippen LogP contribution in [0.25, 0.3) is 11.1 Å². The van der Waals surface area contributed by atoms with Crippen LogP contribution in [-0.4, -0.2) is 0 Å². The average Bonchev–Trinajstić information content (AvgIpc) is 2.87. The monoisotopic (exact) mass is 458 g/mol. The van der Waals surface area contributed by atoms with Gasteiger partial charge in [0.1, 0.15) is 0 Å². The van der Waals surface area contributed by atoms with E-state index in [4.69, 9.17) is 11.6 Å². The summed E-state index contributed by atoms with van der Waals surface area (Å²) in [6, 6.07) is 26.7. The summed E-state index contributed by atoms with van der Waals surface area (Å²) in [7, 11) is 0. The van der Waals surface area contributed by atoms with Gasteiger partial charge in [-0.2, -0.15) is 0 Å². The minimum atomic E-state index is 0.793. The zero-order valence-electron chi connectivity index (χ0n) is 20.2. The Balaban J connectivity index is 1.16. The van der Waals surface area contributed by atoms with Crippen molar-refractivity contribution in [1.29, 1.82) is 0 Å². The third-order valence-electron chi connectivity index (χ3n) is 7.62. The lowest BCUT2D eigenvalue weighted by atomic mass is 9.77. The molecule has 0 atom stereocenters. The van der Waals surface area contributed by atoms with Crippen LogP contribution in [0.3, 0.4) is 0 Å². The normalized spacial score (nSPS) is 18.4. The lowest BCUT2D eigenvalue weighted by molar-refractivity contribution is 0.253. The summed E-state index contributed by atoms with van der Waals surface area (Å²) in [4.78, 5) is 0. The summed E-state index contributed by atoms with van der Waals surface area (Å²) in [6.45, 7) is 2.27. The number of unbranched alkanes of at least 4 members (excludes halogenated alkanes) is 1. The molecule has 0 radical (unpaired) electrons. The maximum Gasteiger partial charge on any atom is 0.0406 e. The van der Waals surface area contributed by atoms with Crippen LogP contribution in [0.5, 0.6) is 0 Å². The van der Waals surface area contributed by atoms with Gasteiger partial charge in [0.2, 0.25) is 0 Å². The second-order valence-electron chi connectivity index (χ2n) is 10.1. The van der Waals surface area contributed by atoms with Crippen LogP contribution in [0.2, 0.25) is 5.02 Å². The van der Waals surface area contributed by atoms with E-state index in [2.05, 4.69) is 67.6 Å². The van der Waals surface area contributed by atoms with Crippen molar-refractivity contribution >= 4 is 11.6 Å². The number of halogens is 1. The molecule has 0 bridgehead atoms. The molecule has 0 N–H and O–H groups in total. The first kappa shape index (κ1) is 24.1. The first-order chi connectivity index (χ1) is 16.2. The second kappa shape index (κ2) is 12.4. The molecule has 174 valence electrons. The molecule has 4 rings (SSSR count). The molecule has 0 aromatic heterocycles. The van der Waals surface area contributed by atoms with Crippen molar-refractivity contribution in [2.24, 2.45) is 11.8 Å². The maximum atomic E-state index is 6.01. The fourth-order valence-corrected chi connectivity index (χ4v) is 5.44. The Morgan fingerprint density at radius 2 is 0.970 bits per heavy atom. The van der Waals surface area contributed by atoms with Gasteiger partial charge in [0.15, 0.2) is 0 Å². The van der Waals surface area contributed by atoms with Gasteiger partial charge in [-0.25, -0.2) is 0 Å². The largest absolute Gasteiger partial charge is 0.0843 e. The molecule has 0 nitrogen and oxygen atoms in total. The second-order valence-corrected chi connectivity index (χ2v) is 10.5. The quantitative estimate of drug-likeness (QED) is 0.283. The number of aryl methyl sites for hydroxylation is 3. The lowest BCUT2D eigenvalue weighted by Crippen LogP contribution is -2.15. The fraction of sp³-hybridized carbons (Fsp3) is 0.438. The molecule has 1 saturated carbocycles. The van der Waals surface area contributed by atoms with Gasteiger partial charge in [-0.05, 0) is 90.3 Å². The van der Waals surface area contributed by atoms with E-state index in [1.807, 2.05) is 12.1 Å². The molecular formula is C32H39Cl. The van der Waals surface area contributed by atoms with Crippen molar-refractivity contribution in [3.63, 3.8) is 0 Å². The van der Waals surface area contributed by atoms with E-state index in [1.54, 1.807) is 0 Å². The summed E-state index contributed by atoms with van der Waals surface area (Å²) < 4.78 is 0. The van der Waals surface area contributed by atoms with Gasteiger partial charge in [-0.3, -0.25) is 0 Å². The smallest absolute Gasteiger partial charge is 0.0406 e. The fourth-order valence-electron chi connectivity index (χ4n) is 5.31. The molecule has 1 heteroatoms. The van der Waals surface area contributed by atoms with Gasteiger partial charge >= 0.3 is 0 Å². The predicted molar refractivity (Wildman–Crippen MR) is 144 cm³/mol. The van der Waals surface area contributed by atoms with Crippen molar-refractivity contribution in [2.75, 3.05) is 0 Å². The molecule has 3 aromatic rings. The van der Waals surface area contributed by atoms with E-state index >= 15 is 0 Å². The zero-order valence-corrected chi connectivity index (χ0v) is 21.0. The van der Waals surface area contributed by atoms with Crippen LogP contribution in [-0.2, 0) is 19.3 Å². The Kier molecular flexibility index (Phi) is 9.07. The molecule has 0 saturated heterocycles. The van der Waals surface area contributed by atoms with Gasteiger partial charge in [0.05, 0.1) is 0 Å². The minimum absolute atomic E-state index is 0.793. The maximum absolute atomic E-state index is 6.01. The predicted octanol–water partition coefficient (Wildman–Crippen LogP) is 9.72. The number of rotatable bonds is 10. The molecule has 0 amide bonds. The molecule has 1 fully saturated rings. The molecule has 1 aliphatic rings. The van der Waals surface area contributed by atoms with Gasteiger partial charge < -0.3 is 0 Å². The SMILES string of the molecule is CCCCc1ccc(CCC2CCC(CCc3ccc(-c4ccc(Cl)cc4)cc3)CC2)cc1. The lowest BCUT2D eigenvalue weighted by Gasteiger charge is -2.28. The highest BCUT2D eigenvalue weighted by molar-refractivity contribution is 6.30. The number of benzene rings is 3. The Morgan fingerprint density at radius 3 is 1.42 bits per heavy atom. The molecular weight excluding hydrogens is 420 g/mol. The molecule has 0 heterocycles. The number of hydrogen-bond acceptors (Lipinski definition) is 0. The van der Waals surface area contributed by atoms with Crippen LogP contribution in [0, 0.1) is 11.8 Å². The van der Waals surface area contributed by atoms with Crippen LogP contribution in [0.1, 0.15) is 75.0 Å². The summed E-state index contributed by atoms with van der Waals surface area (Å²) in [6.07, 6.45) is 14.7. The summed E-state index contributed by atoms with van der Waals surface area (Å²) >= 11 is 6.01. The van der Waals surface area contributed by atoms with Crippen LogP contribution in [0.15, 0.2) is 72.8 Å². The summed E-state index contributed by atoms with van der Waals surface area (Å²) in [5.74, 6) is 1.84. The van der Waals surface area contributed by atoms with Gasteiger partial charge in [0.25, 0.3) is 0 Å².